The molecule has 0 unspecified atom stereocenters. The number of pyridine rings is 1. The second kappa shape index (κ2) is 4.00. The van der Waals surface area contributed by atoms with Crippen molar-refractivity contribution in [3.8, 4) is 0 Å². The highest BCUT2D eigenvalue weighted by Gasteiger charge is 2.20. The minimum absolute atomic E-state index is 0.330. The molecule has 2 heterocycles. The molecule has 2 rings (SSSR count). The molecule has 0 atom stereocenters. The molecule has 0 amide bonds. The van der Waals surface area contributed by atoms with Gasteiger partial charge in [0.2, 0.25) is 0 Å². The minimum atomic E-state index is -0.433. The van der Waals surface area contributed by atoms with Gasteiger partial charge in [0, 0.05) is 24.4 Å². The summed E-state index contributed by atoms with van der Waals surface area (Å²) < 4.78 is 4.56. The van der Waals surface area contributed by atoms with Gasteiger partial charge in [-0.3, -0.25) is 4.98 Å². The predicted molar refractivity (Wildman–Crippen MR) is 54.8 cm³/mol. The van der Waals surface area contributed by atoms with Gasteiger partial charge in [-0.25, -0.2) is 4.79 Å². The molecule has 0 aromatic carbocycles. The van der Waals surface area contributed by atoms with Crippen LogP contribution in [0.4, 0.5) is 0 Å². The van der Waals surface area contributed by atoms with Crippen molar-refractivity contribution in [1.82, 2.24) is 4.98 Å². The Bertz CT molecular complexity index is 437. The summed E-state index contributed by atoms with van der Waals surface area (Å²) in [6, 6.07) is 3.69. The van der Waals surface area contributed by atoms with Crippen molar-refractivity contribution in [3.05, 3.63) is 30.1 Å². The molecule has 5 heteroatoms. The van der Waals surface area contributed by atoms with Crippen LogP contribution in [0.1, 0.15) is 12.0 Å². The fraction of sp³-hybridized carbons (Fsp3) is 0.200. The maximum absolute atomic E-state index is 11.1. The summed E-state index contributed by atoms with van der Waals surface area (Å²) in [6.45, 7) is 0. The highest BCUT2D eigenvalue weighted by atomic mass is 16.5. The normalized spacial score (nSPS) is 14.5. The third-order valence-electron chi connectivity index (χ3n) is 2.04. The van der Waals surface area contributed by atoms with Crippen LogP contribution in [0.15, 0.2) is 34.7 Å². The molecule has 1 aliphatic rings. The summed E-state index contributed by atoms with van der Waals surface area (Å²) >= 11 is 0. The van der Waals surface area contributed by atoms with E-state index in [4.69, 9.17) is 0 Å². The first kappa shape index (κ1) is 9.51. The van der Waals surface area contributed by atoms with Crippen LogP contribution in [0.2, 0.25) is 0 Å². The molecule has 0 saturated carbocycles. The quantitative estimate of drug-likeness (QED) is 0.668. The van der Waals surface area contributed by atoms with Gasteiger partial charge in [0.1, 0.15) is 0 Å². The zero-order chi connectivity index (χ0) is 10.7. The SMILES string of the molecule is COC(=O)C1=NN=C(c2cccnc2)C1. The van der Waals surface area contributed by atoms with Gasteiger partial charge in [-0.2, -0.15) is 5.10 Å². The number of nitrogens with zero attached hydrogens (tertiary/aromatic N) is 3. The Kier molecular flexibility index (Phi) is 2.53. The largest absolute Gasteiger partial charge is 0.464 e. The number of carbonyl (C=O) groups excluding carboxylic acids is 1. The topological polar surface area (TPSA) is 63.9 Å². The van der Waals surface area contributed by atoms with Gasteiger partial charge in [0.25, 0.3) is 0 Å². The van der Waals surface area contributed by atoms with Crippen LogP contribution in [0, 0.1) is 0 Å². The van der Waals surface area contributed by atoms with Crippen molar-refractivity contribution in [2.45, 2.75) is 6.42 Å². The van der Waals surface area contributed by atoms with E-state index in [1.807, 2.05) is 12.1 Å². The Labute approximate surface area is 86.5 Å². The van der Waals surface area contributed by atoms with E-state index < -0.39 is 5.97 Å². The number of carbonyl (C=O) groups is 1. The molecular weight excluding hydrogens is 194 g/mol. The van der Waals surface area contributed by atoms with E-state index >= 15 is 0 Å². The van der Waals surface area contributed by atoms with E-state index in [9.17, 15) is 4.79 Å². The zero-order valence-electron chi connectivity index (χ0n) is 8.17. The molecule has 0 saturated heterocycles. The van der Waals surface area contributed by atoms with E-state index in [0.29, 0.717) is 12.1 Å². The highest BCUT2D eigenvalue weighted by Crippen LogP contribution is 2.11. The first-order valence-corrected chi connectivity index (χ1v) is 4.43. The first-order valence-electron chi connectivity index (χ1n) is 4.43. The van der Waals surface area contributed by atoms with E-state index in [-0.39, 0.29) is 0 Å². The molecule has 1 aromatic heterocycles. The lowest BCUT2D eigenvalue weighted by atomic mass is 10.1. The summed E-state index contributed by atoms with van der Waals surface area (Å²) in [5.41, 5.74) is 1.94. The van der Waals surface area contributed by atoms with Crippen molar-refractivity contribution in [2.24, 2.45) is 10.2 Å². The van der Waals surface area contributed by atoms with Crippen molar-refractivity contribution in [2.75, 3.05) is 7.11 Å². The van der Waals surface area contributed by atoms with Crippen molar-refractivity contribution < 1.29 is 9.53 Å². The van der Waals surface area contributed by atoms with Crippen molar-refractivity contribution >= 4 is 17.4 Å². The van der Waals surface area contributed by atoms with Gasteiger partial charge < -0.3 is 4.74 Å². The fourth-order valence-corrected chi connectivity index (χ4v) is 1.27. The molecule has 0 spiro atoms. The summed E-state index contributed by atoms with van der Waals surface area (Å²) in [5, 5.41) is 7.69. The van der Waals surface area contributed by atoms with Gasteiger partial charge in [0.15, 0.2) is 5.71 Å². The minimum Gasteiger partial charge on any atom is -0.464 e. The Hall–Kier alpha value is -2.04. The summed E-state index contributed by atoms with van der Waals surface area (Å²) in [7, 11) is 1.33. The van der Waals surface area contributed by atoms with Crippen LogP contribution < -0.4 is 0 Å². The van der Waals surface area contributed by atoms with E-state index in [2.05, 4.69) is 19.9 Å². The summed E-state index contributed by atoms with van der Waals surface area (Å²) in [5.74, 6) is -0.433. The Balaban J connectivity index is 2.11. The lowest BCUT2D eigenvalue weighted by molar-refractivity contribution is -0.132. The molecule has 0 N–H and O–H groups in total. The van der Waals surface area contributed by atoms with Gasteiger partial charge in [-0.05, 0) is 12.1 Å². The van der Waals surface area contributed by atoms with Crippen molar-refractivity contribution in [3.63, 3.8) is 0 Å². The number of aromatic nitrogens is 1. The smallest absolute Gasteiger partial charge is 0.354 e. The van der Waals surface area contributed by atoms with Gasteiger partial charge in [-0.1, -0.05) is 0 Å². The number of hydrogen-bond acceptors (Lipinski definition) is 5. The van der Waals surface area contributed by atoms with Gasteiger partial charge in [0.05, 0.1) is 12.8 Å². The van der Waals surface area contributed by atoms with Crippen LogP contribution in [-0.4, -0.2) is 29.5 Å². The van der Waals surface area contributed by atoms with E-state index in [1.165, 1.54) is 7.11 Å². The summed E-state index contributed by atoms with van der Waals surface area (Å²) in [4.78, 5) is 15.1. The highest BCUT2D eigenvalue weighted by molar-refractivity contribution is 6.42. The lowest BCUT2D eigenvalue weighted by Crippen LogP contribution is -2.16. The molecule has 76 valence electrons. The number of methoxy groups -OCH3 is 1. The number of esters is 1. The molecular formula is C10H9N3O2. The second-order valence-electron chi connectivity index (χ2n) is 3.00. The molecule has 5 nitrogen and oxygen atoms in total. The molecule has 0 aliphatic carbocycles. The van der Waals surface area contributed by atoms with Crippen LogP contribution in [0.3, 0.4) is 0 Å². The Morgan fingerprint density at radius 1 is 1.47 bits per heavy atom. The average molecular weight is 203 g/mol. The number of ether oxygens (including phenoxy) is 1. The van der Waals surface area contributed by atoms with Gasteiger partial charge in [-0.15, -0.1) is 5.10 Å². The maximum atomic E-state index is 11.1. The molecule has 0 bridgehead atoms. The van der Waals surface area contributed by atoms with Crippen LogP contribution in [0.25, 0.3) is 0 Å². The molecule has 0 radical (unpaired) electrons. The second-order valence-corrected chi connectivity index (χ2v) is 3.00. The number of rotatable bonds is 2. The monoisotopic (exact) mass is 203 g/mol. The standard InChI is InChI=1S/C10H9N3O2/c1-15-10(14)9-5-8(12-13-9)7-3-2-4-11-6-7/h2-4,6H,5H2,1H3. The molecule has 0 fully saturated rings. The van der Waals surface area contributed by atoms with Crippen LogP contribution >= 0.6 is 0 Å². The van der Waals surface area contributed by atoms with Crippen molar-refractivity contribution in [1.29, 1.82) is 0 Å². The van der Waals surface area contributed by atoms with Crippen LogP contribution in [-0.2, 0) is 9.53 Å². The Morgan fingerprint density at radius 2 is 2.33 bits per heavy atom. The van der Waals surface area contributed by atoms with E-state index in [0.717, 1.165) is 11.3 Å². The maximum Gasteiger partial charge on any atom is 0.354 e. The lowest BCUT2D eigenvalue weighted by Gasteiger charge is -1.98. The molecule has 15 heavy (non-hydrogen) atoms. The predicted octanol–water partition coefficient (Wildman–Crippen LogP) is 0.803. The van der Waals surface area contributed by atoms with Crippen LogP contribution in [0.5, 0.6) is 0 Å². The summed E-state index contributed by atoms with van der Waals surface area (Å²) in [6.07, 6.45) is 3.77. The first-order chi connectivity index (χ1) is 7.31. The van der Waals surface area contributed by atoms with Gasteiger partial charge >= 0.3 is 5.97 Å². The molecule has 1 aliphatic heterocycles. The average Bonchev–Trinajstić information content (AvgIpc) is 2.78. The molecule has 1 aromatic rings. The van der Waals surface area contributed by atoms with E-state index in [1.54, 1.807) is 12.4 Å². The number of hydrogen-bond donors (Lipinski definition) is 0. The Morgan fingerprint density at radius 3 is 3.00 bits per heavy atom. The fourth-order valence-electron chi connectivity index (χ4n) is 1.27. The third kappa shape index (κ3) is 1.90. The zero-order valence-corrected chi connectivity index (χ0v) is 8.17. The third-order valence-corrected chi connectivity index (χ3v) is 2.04.